The number of hydrogen-bond acceptors (Lipinski definition) is 5. The predicted octanol–water partition coefficient (Wildman–Crippen LogP) is 2.77. The first-order valence-corrected chi connectivity index (χ1v) is 9.34. The first-order valence-electron chi connectivity index (χ1n) is 8.46. The van der Waals surface area contributed by atoms with Crippen LogP contribution in [0.4, 0.5) is 5.13 Å². The third-order valence-electron chi connectivity index (χ3n) is 4.46. The molecule has 1 aliphatic heterocycles. The molecule has 0 atom stereocenters. The molecule has 0 spiro atoms. The Bertz CT molecular complexity index is 677. The topological polar surface area (TPSA) is 58.1 Å². The minimum Gasteiger partial charge on any atom is -0.355 e. The maximum atomic E-state index is 12.5. The summed E-state index contributed by atoms with van der Waals surface area (Å²) in [6.45, 7) is 6.63. The van der Waals surface area contributed by atoms with Crippen LogP contribution in [-0.4, -0.2) is 35.5 Å². The molecule has 0 bridgehead atoms. The van der Waals surface area contributed by atoms with Gasteiger partial charge in [0.05, 0.1) is 16.8 Å². The van der Waals surface area contributed by atoms with E-state index in [0.29, 0.717) is 6.54 Å². The van der Waals surface area contributed by atoms with E-state index in [4.69, 9.17) is 4.98 Å². The number of nitrogens with one attached hydrogen (secondary N) is 1. The maximum absolute atomic E-state index is 12.5. The predicted molar refractivity (Wildman–Crippen MR) is 97.5 cm³/mol. The highest BCUT2D eigenvalue weighted by Gasteiger charge is 2.30. The molecule has 24 heavy (non-hydrogen) atoms. The molecule has 5 nitrogen and oxygen atoms in total. The van der Waals surface area contributed by atoms with Crippen LogP contribution in [0.3, 0.4) is 0 Å². The number of rotatable bonds is 6. The molecule has 0 saturated carbocycles. The monoisotopic (exact) mass is 344 g/mol. The molecule has 0 radical (unpaired) electrons. The van der Waals surface area contributed by atoms with Crippen LogP contribution in [0, 0.1) is 0 Å². The number of carbonyl (C=O) groups excluding carboxylic acids is 1. The van der Waals surface area contributed by atoms with Crippen molar-refractivity contribution in [1.82, 2.24) is 15.3 Å². The summed E-state index contributed by atoms with van der Waals surface area (Å²) in [6.07, 6.45) is 5.00. The van der Waals surface area contributed by atoms with Gasteiger partial charge in [0.15, 0.2) is 5.13 Å². The van der Waals surface area contributed by atoms with Gasteiger partial charge in [-0.15, -0.1) is 11.3 Å². The Balaban J connectivity index is 1.51. The third kappa shape index (κ3) is 3.75. The van der Waals surface area contributed by atoms with E-state index in [2.05, 4.69) is 20.6 Å². The second-order valence-corrected chi connectivity index (χ2v) is 7.50. The lowest BCUT2D eigenvalue weighted by Crippen LogP contribution is -2.41. The van der Waals surface area contributed by atoms with Crippen LogP contribution in [0.1, 0.15) is 38.1 Å². The van der Waals surface area contributed by atoms with Crippen LogP contribution in [0.25, 0.3) is 0 Å². The summed E-state index contributed by atoms with van der Waals surface area (Å²) in [5.41, 5.74) is 1.20. The molecule has 1 aliphatic rings. The van der Waals surface area contributed by atoms with Gasteiger partial charge in [-0.2, -0.15) is 0 Å². The Morgan fingerprint density at radius 1 is 1.33 bits per heavy atom. The SMILES string of the molecule is CC(C)(C(=O)NCCc1csc(N2CCCC2)n1)c1ccccn1. The molecular formula is C18H24N4OS. The number of amides is 1. The quantitative estimate of drug-likeness (QED) is 0.875. The van der Waals surface area contributed by atoms with Gasteiger partial charge in [0.25, 0.3) is 0 Å². The first kappa shape index (κ1) is 16.9. The zero-order valence-electron chi connectivity index (χ0n) is 14.3. The normalized spacial score (nSPS) is 14.8. The number of hydrogen-bond donors (Lipinski definition) is 1. The molecule has 0 aromatic carbocycles. The minimum absolute atomic E-state index is 0.00352. The van der Waals surface area contributed by atoms with Crippen molar-refractivity contribution >= 4 is 22.4 Å². The van der Waals surface area contributed by atoms with E-state index in [9.17, 15) is 4.79 Å². The number of pyridine rings is 1. The molecule has 2 aromatic rings. The molecule has 0 aliphatic carbocycles. The third-order valence-corrected chi connectivity index (χ3v) is 5.41. The second-order valence-electron chi connectivity index (χ2n) is 6.66. The van der Waals surface area contributed by atoms with Crippen molar-refractivity contribution in [1.29, 1.82) is 0 Å². The van der Waals surface area contributed by atoms with Crippen LogP contribution in [-0.2, 0) is 16.6 Å². The summed E-state index contributed by atoms with van der Waals surface area (Å²) in [5, 5.41) is 6.24. The number of aromatic nitrogens is 2. The van der Waals surface area contributed by atoms with E-state index >= 15 is 0 Å². The van der Waals surface area contributed by atoms with Crippen molar-refractivity contribution in [2.24, 2.45) is 0 Å². The number of thiazole rings is 1. The molecule has 1 saturated heterocycles. The zero-order chi connectivity index (χ0) is 17.0. The Labute approximate surface area is 147 Å². The Morgan fingerprint density at radius 2 is 2.12 bits per heavy atom. The minimum atomic E-state index is -0.635. The van der Waals surface area contributed by atoms with Gasteiger partial charge in [-0.1, -0.05) is 6.07 Å². The summed E-state index contributed by atoms with van der Waals surface area (Å²) >= 11 is 1.70. The molecule has 1 N–H and O–H groups in total. The van der Waals surface area contributed by atoms with E-state index in [1.807, 2.05) is 32.0 Å². The van der Waals surface area contributed by atoms with Gasteiger partial charge < -0.3 is 10.2 Å². The van der Waals surface area contributed by atoms with Gasteiger partial charge in [0.1, 0.15) is 0 Å². The van der Waals surface area contributed by atoms with Gasteiger partial charge in [-0.05, 0) is 38.8 Å². The summed E-state index contributed by atoms with van der Waals surface area (Å²) in [7, 11) is 0. The van der Waals surface area contributed by atoms with Gasteiger partial charge in [0.2, 0.25) is 5.91 Å². The van der Waals surface area contributed by atoms with E-state index in [1.165, 1.54) is 12.8 Å². The standard InChI is InChI=1S/C18H24N4OS/c1-18(2,15-7-3-4-9-19-15)16(23)20-10-8-14-13-24-17(21-14)22-11-5-6-12-22/h3-4,7,9,13H,5-6,8,10-12H2,1-2H3,(H,20,23). The molecule has 0 unspecified atom stereocenters. The molecule has 6 heteroatoms. The Hall–Kier alpha value is -1.95. The highest BCUT2D eigenvalue weighted by atomic mass is 32.1. The molecule has 2 aromatic heterocycles. The van der Waals surface area contributed by atoms with Crippen molar-refractivity contribution in [3.63, 3.8) is 0 Å². The molecule has 1 amide bonds. The molecule has 128 valence electrons. The van der Waals surface area contributed by atoms with Crippen molar-refractivity contribution in [3.8, 4) is 0 Å². The number of carbonyl (C=O) groups is 1. The van der Waals surface area contributed by atoms with Gasteiger partial charge in [0, 0.05) is 37.6 Å². The maximum Gasteiger partial charge on any atom is 0.231 e. The van der Waals surface area contributed by atoms with Crippen LogP contribution >= 0.6 is 11.3 Å². The van der Waals surface area contributed by atoms with Crippen molar-refractivity contribution < 1.29 is 4.79 Å². The van der Waals surface area contributed by atoms with Crippen LogP contribution in [0.5, 0.6) is 0 Å². The lowest BCUT2D eigenvalue weighted by molar-refractivity contribution is -0.125. The van der Waals surface area contributed by atoms with Gasteiger partial charge in [-0.3, -0.25) is 9.78 Å². The molecule has 3 rings (SSSR count). The second kappa shape index (κ2) is 7.30. The lowest BCUT2D eigenvalue weighted by atomic mass is 9.87. The largest absolute Gasteiger partial charge is 0.355 e. The fourth-order valence-corrected chi connectivity index (χ4v) is 3.75. The van der Waals surface area contributed by atoms with E-state index in [0.717, 1.165) is 36.0 Å². The van der Waals surface area contributed by atoms with Crippen LogP contribution < -0.4 is 10.2 Å². The average Bonchev–Trinajstić information content (AvgIpc) is 3.27. The summed E-state index contributed by atoms with van der Waals surface area (Å²) in [6, 6.07) is 5.66. The smallest absolute Gasteiger partial charge is 0.231 e. The van der Waals surface area contributed by atoms with Crippen molar-refractivity contribution in [2.45, 2.75) is 38.5 Å². The van der Waals surface area contributed by atoms with Crippen molar-refractivity contribution in [3.05, 3.63) is 41.2 Å². The van der Waals surface area contributed by atoms with Gasteiger partial charge in [-0.25, -0.2) is 4.98 Å². The van der Waals surface area contributed by atoms with Crippen molar-refractivity contribution in [2.75, 3.05) is 24.5 Å². The Morgan fingerprint density at radius 3 is 2.83 bits per heavy atom. The summed E-state index contributed by atoms with van der Waals surface area (Å²) in [4.78, 5) is 23.8. The van der Waals surface area contributed by atoms with Gasteiger partial charge >= 0.3 is 0 Å². The lowest BCUT2D eigenvalue weighted by Gasteiger charge is -2.22. The van der Waals surface area contributed by atoms with Crippen LogP contribution in [0.15, 0.2) is 29.8 Å². The fourth-order valence-electron chi connectivity index (χ4n) is 2.84. The summed E-state index contributed by atoms with van der Waals surface area (Å²) in [5.74, 6) is -0.00352. The number of nitrogens with zero attached hydrogens (tertiary/aromatic N) is 3. The zero-order valence-corrected chi connectivity index (χ0v) is 15.1. The molecule has 1 fully saturated rings. The fraction of sp³-hybridized carbons (Fsp3) is 0.500. The highest BCUT2D eigenvalue weighted by molar-refractivity contribution is 7.13. The Kier molecular flexibility index (Phi) is 5.14. The number of anilines is 1. The highest BCUT2D eigenvalue weighted by Crippen LogP contribution is 2.24. The molecule has 3 heterocycles. The first-order chi connectivity index (χ1) is 11.6. The summed E-state index contributed by atoms with van der Waals surface area (Å²) < 4.78 is 0. The van der Waals surface area contributed by atoms with E-state index < -0.39 is 5.41 Å². The van der Waals surface area contributed by atoms with E-state index in [-0.39, 0.29) is 5.91 Å². The van der Waals surface area contributed by atoms with Crippen LogP contribution in [0.2, 0.25) is 0 Å². The van der Waals surface area contributed by atoms with E-state index in [1.54, 1.807) is 17.5 Å². The average molecular weight is 344 g/mol. The molecular weight excluding hydrogens is 320 g/mol.